The molecule has 2 N–H and O–H groups in total. The molecule has 30 heavy (non-hydrogen) atoms. The van der Waals surface area contributed by atoms with Crippen LogP contribution in [0.3, 0.4) is 0 Å². The molecule has 8 heteroatoms. The molecule has 0 fully saturated rings. The van der Waals surface area contributed by atoms with Crippen LogP contribution in [-0.2, 0) is 0 Å². The number of hydrogen-bond donors (Lipinski definition) is 2. The maximum atomic E-state index is 12.1. The molecule has 4 nitrogen and oxygen atoms in total. The first-order chi connectivity index (χ1) is 14.3. The van der Waals surface area contributed by atoms with Gasteiger partial charge in [0, 0.05) is 44.3 Å². The van der Waals surface area contributed by atoms with Crippen molar-refractivity contribution in [1.82, 2.24) is 10.6 Å². The van der Waals surface area contributed by atoms with Gasteiger partial charge in [0.25, 0.3) is 11.8 Å². The summed E-state index contributed by atoms with van der Waals surface area (Å²) in [4.78, 5) is 24.1. The van der Waals surface area contributed by atoms with Gasteiger partial charge in [0.15, 0.2) is 0 Å². The molecule has 0 aliphatic heterocycles. The number of carbonyl (C=O) groups is 2. The van der Waals surface area contributed by atoms with Crippen LogP contribution in [0.2, 0.25) is 20.1 Å². The number of unbranched alkanes of at least 4 members (excludes halogenated alkanes) is 5. The number of rotatable bonds is 11. The molecule has 0 bridgehead atoms. The van der Waals surface area contributed by atoms with E-state index in [4.69, 9.17) is 46.4 Å². The van der Waals surface area contributed by atoms with Crippen molar-refractivity contribution in [3.05, 3.63) is 67.6 Å². The zero-order chi connectivity index (χ0) is 21.9. The first kappa shape index (κ1) is 24.8. The van der Waals surface area contributed by atoms with Crippen LogP contribution in [0.15, 0.2) is 36.4 Å². The number of hydrogen-bond acceptors (Lipinski definition) is 2. The Kier molecular flexibility index (Phi) is 10.8. The Morgan fingerprint density at radius 2 is 0.833 bits per heavy atom. The molecule has 0 unspecified atom stereocenters. The minimum atomic E-state index is -0.170. The first-order valence-electron chi connectivity index (χ1n) is 9.84. The second-order valence-corrected chi connectivity index (χ2v) is 8.70. The van der Waals surface area contributed by atoms with Gasteiger partial charge in [-0.1, -0.05) is 72.1 Å². The van der Waals surface area contributed by atoms with E-state index in [0.717, 1.165) is 38.5 Å². The average molecular weight is 490 g/mol. The summed E-state index contributed by atoms with van der Waals surface area (Å²) < 4.78 is 0. The quantitative estimate of drug-likeness (QED) is 0.341. The van der Waals surface area contributed by atoms with Gasteiger partial charge in [0.2, 0.25) is 0 Å². The molecule has 162 valence electrons. The lowest BCUT2D eigenvalue weighted by Gasteiger charge is -2.07. The molecule has 2 amide bonds. The van der Waals surface area contributed by atoms with E-state index in [1.807, 2.05) is 0 Å². The second kappa shape index (κ2) is 13.1. The van der Waals surface area contributed by atoms with Gasteiger partial charge in [-0.25, -0.2) is 0 Å². The Morgan fingerprint density at radius 1 is 0.533 bits per heavy atom. The zero-order valence-electron chi connectivity index (χ0n) is 16.4. The third kappa shape index (κ3) is 9.13. The lowest BCUT2D eigenvalue weighted by molar-refractivity contribution is 0.0944. The number of benzene rings is 2. The Balaban J connectivity index is 1.50. The molecule has 0 aliphatic rings. The van der Waals surface area contributed by atoms with Crippen molar-refractivity contribution in [2.75, 3.05) is 13.1 Å². The predicted molar refractivity (Wildman–Crippen MR) is 125 cm³/mol. The van der Waals surface area contributed by atoms with E-state index in [1.165, 1.54) is 0 Å². The van der Waals surface area contributed by atoms with Gasteiger partial charge in [-0.15, -0.1) is 0 Å². The fourth-order valence-electron chi connectivity index (χ4n) is 2.93. The van der Waals surface area contributed by atoms with Gasteiger partial charge in [-0.05, 0) is 49.2 Å². The monoisotopic (exact) mass is 488 g/mol. The van der Waals surface area contributed by atoms with Gasteiger partial charge in [-0.2, -0.15) is 0 Å². The topological polar surface area (TPSA) is 58.2 Å². The largest absolute Gasteiger partial charge is 0.352 e. The summed E-state index contributed by atoms with van der Waals surface area (Å²) in [5, 5.41) is 7.53. The Labute approximate surface area is 197 Å². The van der Waals surface area contributed by atoms with E-state index in [1.54, 1.807) is 36.4 Å². The van der Waals surface area contributed by atoms with Crippen LogP contribution in [-0.4, -0.2) is 24.9 Å². The highest BCUT2D eigenvalue weighted by molar-refractivity contribution is 6.35. The molecule has 2 aromatic rings. The summed E-state index contributed by atoms with van der Waals surface area (Å²) in [6.45, 7) is 1.22. The van der Waals surface area contributed by atoms with Crippen molar-refractivity contribution in [3.63, 3.8) is 0 Å². The third-order valence-corrected chi connectivity index (χ3v) is 5.30. The van der Waals surface area contributed by atoms with Crippen molar-refractivity contribution in [2.45, 2.75) is 38.5 Å². The van der Waals surface area contributed by atoms with Gasteiger partial charge in [0.05, 0.1) is 0 Å². The summed E-state index contributed by atoms with van der Waals surface area (Å²) in [6, 6.07) is 9.59. The van der Waals surface area contributed by atoms with Crippen LogP contribution in [0, 0.1) is 0 Å². The third-order valence-electron chi connectivity index (χ3n) is 4.42. The molecule has 0 atom stereocenters. The van der Waals surface area contributed by atoms with E-state index < -0.39 is 0 Å². The molecule has 0 heterocycles. The molecule has 0 aliphatic carbocycles. The Bertz CT molecular complexity index is 762. The molecule has 2 rings (SSSR count). The number of amides is 2. The summed E-state index contributed by atoms with van der Waals surface area (Å²) in [6.07, 6.45) is 6.04. The van der Waals surface area contributed by atoms with Gasteiger partial charge < -0.3 is 10.6 Å². The Morgan fingerprint density at radius 3 is 1.17 bits per heavy atom. The molecule has 0 saturated heterocycles. The van der Waals surface area contributed by atoms with Crippen LogP contribution < -0.4 is 10.6 Å². The summed E-state index contributed by atoms with van der Waals surface area (Å²) in [5.41, 5.74) is 0.934. The fraction of sp³-hybridized carbons (Fsp3) is 0.364. The maximum Gasteiger partial charge on any atom is 0.251 e. The Hall–Kier alpha value is -1.46. The van der Waals surface area contributed by atoms with Crippen LogP contribution in [0.4, 0.5) is 0 Å². The van der Waals surface area contributed by atoms with Crippen molar-refractivity contribution in [3.8, 4) is 0 Å². The van der Waals surface area contributed by atoms with E-state index >= 15 is 0 Å². The predicted octanol–water partition coefficient (Wildman–Crippen LogP) is 6.80. The van der Waals surface area contributed by atoms with Crippen molar-refractivity contribution >= 4 is 58.2 Å². The minimum Gasteiger partial charge on any atom is -0.352 e. The zero-order valence-corrected chi connectivity index (χ0v) is 19.5. The van der Waals surface area contributed by atoms with E-state index in [9.17, 15) is 9.59 Å². The first-order valence-corrected chi connectivity index (χ1v) is 11.3. The number of nitrogens with one attached hydrogen (secondary N) is 2. The van der Waals surface area contributed by atoms with E-state index in [2.05, 4.69) is 10.6 Å². The molecule has 2 aromatic carbocycles. The van der Waals surface area contributed by atoms with Crippen molar-refractivity contribution in [2.24, 2.45) is 0 Å². The standard InChI is InChI=1S/C22H24Cl4N2O2/c23-17-9-15(10-18(24)13-17)21(29)27-7-5-3-1-2-4-6-8-28-22(30)16-11-19(25)14-20(26)12-16/h9-14H,1-8H2,(H,27,29)(H,28,30). The SMILES string of the molecule is O=C(NCCCCCCCCNC(=O)c1cc(Cl)cc(Cl)c1)c1cc(Cl)cc(Cl)c1. The molecular formula is C22H24Cl4N2O2. The molecule has 0 spiro atoms. The van der Waals surface area contributed by atoms with Gasteiger partial charge in [0.1, 0.15) is 0 Å². The maximum absolute atomic E-state index is 12.1. The highest BCUT2D eigenvalue weighted by Gasteiger charge is 2.08. The van der Waals surface area contributed by atoms with Crippen molar-refractivity contribution in [1.29, 1.82) is 0 Å². The normalized spacial score (nSPS) is 10.7. The van der Waals surface area contributed by atoms with Gasteiger partial charge >= 0.3 is 0 Å². The fourth-order valence-corrected chi connectivity index (χ4v) is 3.99. The summed E-state index contributed by atoms with van der Waals surface area (Å²) >= 11 is 23.6. The summed E-state index contributed by atoms with van der Waals surface area (Å²) in [5.74, 6) is -0.340. The lowest BCUT2D eigenvalue weighted by atomic mass is 10.1. The van der Waals surface area contributed by atoms with E-state index in [0.29, 0.717) is 44.3 Å². The minimum absolute atomic E-state index is 0.170. The van der Waals surface area contributed by atoms with Crippen LogP contribution in [0.5, 0.6) is 0 Å². The molecule has 0 radical (unpaired) electrons. The summed E-state index contributed by atoms with van der Waals surface area (Å²) in [7, 11) is 0. The highest BCUT2D eigenvalue weighted by Crippen LogP contribution is 2.20. The molecular weight excluding hydrogens is 466 g/mol. The number of carbonyl (C=O) groups excluding carboxylic acids is 2. The highest BCUT2D eigenvalue weighted by atomic mass is 35.5. The van der Waals surface area contributed by atoms with Crippen molar-refractivity contribution < 1.29 is 9.59 Å². The number of halogens is 4. The molecule has 0 aromatic heterocycles. The second-order valence-electron chi connectivity index (χ2n) is 6.95. The van der Waals surface area contributed by atoms with Gasteiger partial charge in [-0.3, -0.25) is 9.59 Å². The average Bonchev–Trinajstić information content (AvgIpc) is 2.67. The smallest absolute Gasteiger partial charge is 0.251 e. The van der Waals surface area contributed by atoms with Crippen LogP contribution in [0.25, 0.3) is 0 Å². The van der Waals surface area contributed by atoms with Crippen LogP contribution >= 0.6 is 46.4 Å². The van der Waals surface area contributed by atoms with E-state index in [-0.39, 0.29) is 11.8 Å². The molecule has 0 saturated carbocycles. The lowest BCUT2D eigenvalue weighted by Crippen LogP contribution is -2.24. The van der Waals surface area contributed by atoms with Crippen LogP contribution in [0.1, 0.15) is 59.2 Å².